The van der Waals surface area contributed by atoms with Crippen LogP contribution in [0, 0.1) is 0 Å². The summed E-state index contributed by atoms with van der Waals surface area (Å²) in [5, 5.41) is 32.9. The third kappa shape index (κ3) is 23.3. The van der Waals surface area contributed by atoms with E-state index in [0.717, 1.165) is 0 Å². The number of aromatic carboxylic acids is 2. The van der Waals surface area contributed by atoms with Gasteiger partial charge in [0.15, 0.2) is 0 Å². The first kappa shape index (κ1) is 29.0. The minimum atomic E-state index is -0.879. The molecule has 0 saturated heterocycles. The third-order valence-corrected chi connectivity index (χ3v) is 2.04. The molecule has 2 aromatic rings. The average molecular weight is 382 g/mol. The molecule has 2 rings (SSSR count). The highest BCUT2D eigenvalue weighted by Gasteiger charge is 1.97. The van der Waals surface area contributed by atoms with Crippen molar-refractivity contribution in [3.63, 3.8) is 0 Å². The van der Waals surface area contributed by atoms with Gasteiger partial charge in [-0.15, -0.1) is 0 Å². The largest absolute Gasteiger partial charge is 0.478 e. The fourth-order valence-corrected chi connectivity index (χ4v) is 1.16. The van der Waals surface area contributed by atoms with E-state index in [0.29, 0.717) is 11.1 Å². The zero-order valence-electron chi connectivity index (χ0n) is 16.0. The Labute approximate surface area is 159 Å². The highest BCUT2D eigenvalue weighted by atomic mass is 16.4. The molecule has 0 atom stereocenters. The number of benzene rings is 2. The smallest absolute Gasteiger partial charge is 0.335 e. The number of rotatable bonds is 2. The van der Waals surface area contributed by atoms with Crippen LogP contribution >= 0.6 is 0 Å². The Kier molecular flexibility index (Phi) is 19.4. The Balaban J connectivity index is -0.000000303. The van der Waals surface area contributed by atoms with Gasteiger partial charge in [0.25, 0.3) is 0 Å². The fraction of sp³-hybridized carbons (Fsp3) is 0.300. The molecule has 0 aliphatic heterocycles. The third-order valence-electron chi connectivity index (χ3n) is 2.04. The Morgan fingerprint density at radius 2 is 0.815 bits per heavy atom. The summed E-state index contributed by atoms with van der Waals surface area (Å²) in [6, 6.07) is 16.6. The van der Waals surface area contributed by atoms with Gasteiger partial charge >= 0.3 is 11.9 Å². The van der Waals surface area contributed by atoms with Gasteiger partial charge in [-0.05, 0) is 52.0 Å². The maximum Gasteiger partial charge on any atom is 0.335 e. The van der Waals surface area contributed by atoms with Crippen molar-refractivity contribution in [2.45, 2.75) is 39.9 Å². The first-order chi connectivity index (χ1) is 12.1. The molecule has 6 N–H and O–H groups in total. The zero-order valence-corrected chi connectivity index (χ0v) is 16.0. The van der Waals surface area contributed by atoms with Gasteiger partial charge in [0.2, 0.25) is 0 Å². The summed E-state index contributed by atoms with van der Waals surface area (Å²) in [5.41, 5.74) is 0.662. The van der Waals surface area contributed by atoms with Crippen molar-refractivity contribution in [3.05, 3.63) is 71.8 Å². The number of hydrogen-bond acceptors (Lipinski definition) is 4. The second-order valence-corrected chi connectivity index (χ2v) is 5.53. The van der Waals surface area contributed by atoms with E-state index in [-0.39, 0.29) is 17.7 Å². The van der Waals surface area contributed by atoms with Gasteiger partial charge in [-0.1, -0.05) is 36.4 Å². The topological polar surface area (TPSA) is 147 Å². The lowest BCUT2D eigenvalue weighted by Gasteiger charge is -1.88. The van der Waals surface area contributed by atoms with E-state index in [1.54, 1.807) is 88.4 Å². The Hall–Kier alpha value is -2.74. The van der Waals surface area contributed by atoms with Gasteiger partial charge in [-0.3, -0.25) is 0 Å². The van der Waals surface area contributed by atoms with Gasteiger partial charge < -0.3 is 25.9 Å². The lowest BCUT2D eigenvalue weighted by Crippen LogP contribution is -1.93. The van der Waals surface area contributed by atoms with Crippen molar-refractivity contribution in [3.8, 4) is 0 Å². The predicted molar refractivity (Wildman–Crippen MR) is 105 cm³/mol. The molecule has 0 aliphatic carbocycles. The van der Waals surface area contributed by atoms with Crippen LogP contribution in [0.15, 0.2) is 60.7 Å². The molecule has 0 aromatic heterocycles. The van der Waals surface area contributed by atoms with E-state index >= 15 is 0 Å². The van der Waals surface area contributed by atoms with Gasteiger partial charge in [0, 0.05) is 12.2 Å². The quantitative estimate of drug-likeness (QED) is 0.628. The highest BCUT2D eigenvalue weighted by Crippen LogP contribution is 1.96. The Morgan fingerprint density at radius 3 is 0.926 bits per heavy atom. The molecule has 0 heterocycles. The van der Waals surface area contributed by atoms with Crippen molar-refractivity contribution >= 4 is 11.9 Å². The van der Waals surface area contributed by atoms with Crippen LogP contribution in [0.1, 0.15) is 48.4 Å². The van der Waals surface area contributed by atoms with E-state index in [1.807, 2.05) is 0 Å². The molecule has 27 heavy (non-hydrogen) atoms. The molecule has 0 radical (unpaired) electrons. The molecule has 7 heteroatoms. The van der Waals surface area contributed by atoms with Gasteiger partial charge in [0.05, 0.1) is 11.1 Å². The van der Waals surface area contributed by atoms with Crippen LogP contribution in [0.25, 0.3) is 0 Å². The van der Waals surface area contributed by atoms with E-state index in [9.17, 15) is 9.59 Å². The lowest BCUT2D eigenvalue weighted by molar-refractivity contribution is 0.0686. The average Bonchev–Trinajstić information content (AvgIpc) is 2.56. The number of carboxylic acids is 2. The number of aliphatic hydroxyl groups is 2. The molecule has 0 spiro atoms. The summed E-state index contributed by atoms with van der Waals surface area (Å²) in [6.07, 6.45) is -0.333. The summed E-state index contributed by atoms with van der Waals surface area (Å²) in [5.74, 6) is -1.76. The second-order valence-electron chi connectivity index (χ2n) is 5.53. The Bertz CT molecular complexity index is 535. The summed E-state index contributed by atoms with van der Waals surface area (Å²) in [7, 11) is 0. The van der Waals surface area contributed by atoms with Crippen molar-refractivity contribution in [2.24, 2.45) is 0 Å². The maximum absolute atomic E-state index is 10.2. The summed E-state index contributed by atoms with van der Waals surface area (Å²) >= 11 is 0. The van der Waals surface area contributed by atoms with Gasteiger partial charge in [-0.25, -0.2) is 9.59 Å². The first-order valence-electron chi connectivity index (χ1n) is 8.00. The van der Waals surface area contributed by atoms with Crippen LogP contribution in [0.2, 0.25) is 0 Å². The molecule has 0 aliphatic rings. The monoisotopic (exact) mass is 382 g/mol. The minimum absolute atomic E-state index is 0. The summed E-state index contributed by atoms with van der Waals surface area (Å²) in [4.78, 5) is 20.4. The second kappa shape index (κ2) is 18.1. The van der Waals surface area contributed by atoms with Gasteiger partial charge in [-0.2, -0.15) is 0 Å². The van der Waals surface area contributed by atoms with Crippen LogP contribution in [0.5, 0.6) is 0 Å². The van der Waals surface area contributed by atoms with E-state index < -0.39 is 11.9 Å². The summed E-state index contributed by atoms with van der Waals surface area (Å²) in [6.45, 7) is 6.89. The molecule has 7 nitrogen and oxygen atoms in total. The van der Waals surface area contributed by atoms with Crippen molar-refractivity contribution in [2.75, 3.05) is 0 Å². The Morgan fingerprint density at radius 1 is 0.630 bits per heavy atom. The van der Waals surface area contributed by atoms with Crippen LogP contribution in [-0.4, -0.2) is 50.0 Å². The minimum Gasteiger partial charge on any atom is -0.478 e. The molecule has 152 valence electrons. The molecule has 0 bridgehead atoms. The van der Waals surface area contributed by atoms with E-state index in [1.165, 1.54) is 0 Å². The highest BCUT2D eigenvalue weighted by molar-refractivity contribution is 5.87. The fourth-order valence-electron chi connectivity index (χ4n) is 1.16. The van der Waals surface area contributed by atoms with Gasteiger partial charge in [0.1, 0.15) is 0 Å². The molecule has 0 unspecified atom stereocenters. The van der Waals surface area contributed by atoms with Crippen LogP contribution in [0.4, 0.5) is 0 Å². The predicted octanol–water partition coefficient (Wildman–Crippen LogP) is 2.72. The molecule has 0 amide bonds. The number of aliphatic hydroxyl groups excluding tert-OH is 2. The molecular formula is C20H30O7. The number of hydrogen-bond donors (Lipinski definition) is 4. The van der Waals surface area contributed by atoms with Crippen LogP contribution in [0.3, 0.4) is 0 Å². The molecule has 2 aromatic carbocycles. The van der Waals surface area contributed by atoms with Crippen molar-refractivity contribution in [1.29, 1.82) is 0 Å². The summed E-state index contributed by atoms with van der Waals surface area (Å²) < 4.78 is 0. The normalized spacial score (nSPS) is 8.59. The van der Waals surface area contributed by atoms with E-state index in [4.69, 9.17) is 20.4 Å². The molecule has 0 saturated carbocycles. The molecule has 0 fully saturated rings. The molecular weight excluding hydrogens is 352 g/mol. The SMILES string of the molecule is CC(C)O.CC(C)O.O.O=C(O)c1ccccc1.O=C(O)c1ccccc1. The number of carbonyl (C=O) groups is 2. The van der Waals surface area contributed by atoms with E-state index in [2.05, 4.69) is 0 Å². The lowest BCUT2D eigenvalue weighted by atomic mass is 10.2. The number of carboxylic acid groups (broad SMARTS) is 2. The standard InChI is InChI=1S/2C7H6O2.2C3H8O.H2O/c2*8-7(9)6-4-2-1-3-5-6;2*1-3(2)4;/h2*1-5H,(H,8,9);2*3-4H,1-2H3;1H2. The van der Waals surface area contributed by atoms with Crippen LogP contribution < -0.4 is 0 Å². The van der Waals surface area contributed by atoms with Crippen LogP contribution in [-0.2, 0) is 0 Å². The first-order valence-corrected chi connectivity index (χ1v) is 8.00. The maximum atomic E-state index is 10.2. The van der Waals surface area contributed by atoms with Crippen molar-refractivity contribution < 1.29 is 35.5 Å². The van der Waals surface area contributed by atoms with Crippen molar-refractivity contribution in [1.82, 2.24) is 0 Å². The zero-order chi connectivity index (χ0) is 20.5.